The van der Waals surface area contributed by atoms with E-state index < -0.39 is 12.1 Å². The second-order valence-corrected chi connectivity index (χ2v) is 4.93. The number of fused-ring (bicyclic) bond motifs is 1. The highest BCUT2D eigenvalue weighted by Gasteiger charge is 2.29. The van der Waals surface area contributed by atoms with Crippen molar-refractivity contribution in [2.24, 2.45) is 0 Å². The molecule has 0 unspecified atom stereocenters. The van der Waals surface area contributed by atoms with Gasteiger partial charge in [-0.05, 0) is 17.7 Å². The van der Waals surface area contributed by atoms with Gasteiger partial charge < -0.3 is 19.7 Å². The van der Waals surface area contributed by atoms with Gasteiger partial charge in [0.2, 0.25) is 5.91 Å². The van der Waals surface area contributed by atoms with Crippen LogP contribution in [0.5, 0.6) is 0 Å². The smallest absolute Gasteiger partial charge is 0.334 e. The molecule has 0 radical (unpaired) electrons. The van der Waals surface area contributed by atoms with Crippen molar-refractivity contribution >= 4 is 22.9 Å². The Labute approximate surface area is 120 Å². The summed E-state index contributed by atoms with van der Waals surface area (Å²) >= 11 is 0. The Morgan fingerprint density at radius 3 is 3.19 bits per heavy atom. The lowest BCUT2D eigenvalue weighted by molar-refractivity contribution is -0.159. The van der Waals surface area contributed by atoms with E-state index in [4.69, 9.17) is 9.84 Å². The Morgan fingerprint density at radius 2 is 2.38 bits per heavy atom. The van der Waals surface area contributed by atoms with E-state index in [0.29, 0.717) is 6.54 Å². The second kappa shape index (κ2) is 5.53. The number of carbonyl (C=O) groups excluding carboxylic acids is 1. The fourth-order valence-electron chi connectivity index (χ4n) is 2.46. The summed E-state index contributed by atoms with van der Waals surface area (Å²) in [6, 6.07) is 3.72. The number of hydrogen-bond donors (Lipinski definition) is 2. The van der Waals surface area contributed by atoms with Gasteiger partial charge in [0.05, 0.1) is 19.6 Å². The molecule has 1 aliphatic rings. The molecule has 7 heteroatoms. The molecule has 0 bridgehead atoms. The van der Waals surface area contributed by atoms with Gasteiger partial charge in [0.15, 0.2) is 6.10 Å². The average molecular weight is 289 g/mol. The molecular weight excluding hydrogens is 274 g/mol. The second-order valence-electron chi connectivity index (χ2n) is 4.93. The van der Waals surface area contributed by atoms with Crippen molar-refractivity contribution in [2.45, 2.75) is 12.5 Å². The van der Waals surface area contributed by atoms with Gasteiger partial charge in [0.1, 0.15) is 5.65 Å². The molecule has 0 aromatic carbocycles. The number of nitrogens with zero attached hydrogens (tertiary/aromatic N) is 2. The maximum atomic E-state index is 12.3. The third kappa shape index (κ3) is 2.73. The monoisotopic (exact) mass is 289 g/mol. The van der Waals surface area contributed by atoms with E-state index in [9.17, 15) is 9.59 Å². The fourth-order valence-corrected chi connectivity index (χ4v) is 2.46. The number of morpholine rings is 1. The Hall–Kier alpha value is -2.41. The predicted molar refractivity (Wildman–Crippen MR) is 73.8 cm³/mol. The van der Waals surface area contributed by atoms with E-state index in [1.54, 1.807) is 12.4 Å². The van der Waals surface area contributed by atoms with E-state index in [1.165, 1.54) is 4.90 Å². The van der Waals surface area contributed by atoms with Crippen molar-refractivity contribution in [3.8, 4) is 0 Å². The lowest BCUT2D eigenvalue weighted by Crippen LogP contribution is -2.49. The number of ether oxygens (including phenoxy) is 1. The largest absolute Gasteiger partial charge is 0.479 e. The molecule has 2 aromatic rings. The van der Waals surface area contributed by atoms with Gasteiger partial charge in [-0.15, -0.1) is 0 Å². The van der Waals surface area contributed by atoms with Gasteiger partial charge in [-0.3, -0.25) is 4.79 Å². The number of H-pyrrole nitrogens is 1. The maximum Gasteiger partial charge on any atom is 0.334 e. The lowest BCUT2D eigenvalue weighted by Gasteiger charge is -2.30. The van der Waals surface area contributed by atoms with E-state index in [-0.39, 0.29) is 25.5 Å². The summed E-state index contributed by atoms with van der Waals surface area (Å²) in [6.45, 7) is 0.760. The summed E-state index contributed by atoms with van der Waals surface area (Å²) < 4.78 is 5.12. The molecular formula is C14H15N3O4. The number of aromatic nitrogens is 2. The zero-order valence-corrected chi connectivity index (χ0v) is 11.3. The molecule has 0 spiro atoms. The number of amides is 1. The molecule has 21 heavy (non-hydrogen) atoms. The van der Waals surface area contributed by atoms with Gasteiger partial charge in [-0.1, -0.05) is 0 Å². The highest BCUT2D eigenvalue weighted by Crippen LogP contribution is 2.17. The first-order valence-electron chi connectivity index (χ1n) is 6.68. The molecule has 3 rings (SSSR count). The maximum absolute atomic E-state index is 12.3. The number of nitrogens with one attached hydrogen (secondary N) is 1. The number of carboxylic acids is 1. The minimum Gasteiger partial charge on any atom is -0.479 e. The topological polar surface area (TPSA) is 95.5 Å². The molecule has 0 saturated carbocycles. The zero-order chi connectivity index (χ0) is 14.8. The van der Waals surface area contributed by atoms with Gasteiger partial charge >= 0.3 is 5.97 Å². The first-order chi connectivity index (χ1) is 10.1. The Morgan fingerprint density at radius 1 is 1.52 bits per heavy atom. The summed E-state index contributed by atoms with van der Waals surface area (Å²) in [5, 5.41) is 9.87. The minimum atomic E-state index is -1.04. The summed E-state index contributed by atoms with van der Waals surface area (Å²) in [5.41, 5.74) is 1.60. The standard InChI is InChI=1S/C14H15N3O4/c18-12(17-4-5-21-11(8-17)14(19)20)6-9-7-16-13-10(9)2-1-3-15-13/h1-3,7,11H,4-6,8H2,(H,15,16)(H,19,20)/t11-/m0/s1. The van der Waals surface area contributed by atoms with Crippen molar-refractivity contribution < 1.29 is 19.4 Å². The van der Waals surface area contributed by atoms with Gasteiger partial charge in [-0.25, -0.2) is 9.78 Å². The summed E-state index contributed by atoms with van der Waals surface area (Å²) in [7, 11) is 0. The molecule has 7 nitrogen and oxygen atoms in total. The predicted octanol–water partition coefficient (Wildman–Crippen LogP) is 0.417. The molecule has 1 amide bonds. The third-order valence-electron chi connectivity index (χ3n) is 3.57. The molecule has 110 valence electrons. The van der Waals surface area contributed by atoms with Crippen LogP contribution in [0.15, 0.2) is 24.5 Å². The highest BCUT2D eigenvalue weighted by atomic mass is 16.5. The molecule has 3 heterocycles. The Bertz CT molecular complexity index is 682. The molecule has 2 N–H and O–H groups in total. The van der Waals surface area contributed by atoms with Crippen LogP contribution in [0.25, 0.3) is 11.0 Å². The van der Waals surface area contributed by atoms with Crippen LogP contribution in [-0.2, 0) is 20.7 Å². The average Bonchev–Trinajstić information content (AvgIpc) is 2.91. The van der Waals surface area contributed by atoms with E-state index >= 15 is 0 Å². The lowest BCUT2D eigenvalue weighted by atomic mass is 10.1. The van der Waals surface area contributed by atoms with Gasteiger partial charge in [-0.2, -0.15) is 0 Å². The fraction of sp³-hybridized carbons (Fsp3) is 0.357. The minimum absolute atomic E-state index is 0.0920. The van der Waals surface area contributed by atoms with Crippen molar-refractivity contribution in [2.75, 3.05) is 19.7 Å². The number of hydrogen-bond acceptors (Lipinski definition) is 4. The number of rotatable bonds is 3. The molecule has 2 aromatic heterocycles. The van der Waals surface area contributed by atoms with E-state index in [2.05, 4.69) is 9.97 Å². The molecule has 1 saturated heterocycles. The van der Waals surface area contributed by atoms with Crippen LogP contribution >= 0.6 is 0 Å². The normalized spacial score (nSPS) is 18.9. The molecule has 0 aliphatic carbocycles. The Balaban J connectivity index is 1.72. The van der Waals surface area contributed by atoms with Gasteiger partial charge in [0.25, 0.3) is 0 Å². The van der Waals surface area contributed by atoms with Crippen LogP contribution in [0.4, 0.5) is 0 Å². The van der Waals surface area contributed by atoms with Crippen molar-refractivity contribution in [1.29, 1.82) is 0 Å². The van der Waals surface area contributed by atoms with Crippen molar-refractivity contribution in [3.63, 3.8) is 0 Å². The SMILES string of the molecule is O=C(O)[C@@H]1CN(C(=O)Cc2c[nH]c3ncccc23)CCO1. The molecule has 1 atom stereocenters. The van der Waals surface area contributed by atoms with Crippen LogP contribution in [0, 0.1) is 0 Å². The summed E-state index contributed by atoms with van der Waals surface area (Å²) in [6.07, 6.45) is 2.74. The summed E-state index contributed by atoms with van der Waals surface area (Å²) in [4.78, 5) is 32.0. The van der Waals surface area contributed by atoms with Crippen LogP contribution in [-0.4, -0.2) is 57.7 Å². The molecule has 1 fully saturated rings. The van der Waals surface area contributed by atoms with E-state index in [1.807, 2.05) is 12.1 Å². The zero-order valence-electron chi connectivity index (χ0n) is 11.3. The molecule has 1 aliphatic heterocycles. The first-order valence-corrected chi connectivity index (χ1v) is 6.68. The number of carboxylic acid groups (broad SMARTS) is 1. The van der Waals surface area contributed by atoms with Crippen LogP contribution in [0.2, 0.25) is 0 Å². The first kappa shape index (κ1) is 13.6. The van der Waals surface area contributed by atoms with Crippen molar-refractivity contribution in [3.05, 3.63) is 30.1 Å². The van der Waals surface area contributed by atoms with Gasteiger partial charge in [0, 0.05) is 24.3 Å². The third-order valence-corrected chi connectivity index (χ3v) is 3.57. The quantitative estimate of drug-likeness (QED) is 0.853. The van der Waals surface area contributed by atoms with Crippen molar-refractivity contribution in [1.82, 2.24) is 14.9 Å². The number of aromatic amines is 1. The van der Waals surface area contributed by atoms with Crippen LogP contribution in [0.3, 0.4) is 0 Å². The van der Waals surface area contributed by atoms with Crippen LogP contribution < -0.4 is 0 Å². The summed E-state index contributed by atoms with van der Waals surface area (Å²) in [5.74, 6) is -1.14. The van der Waals surface area contributed by atoms with Crippen LogP contribution in [0.1, 0.15) is 5.56 Å². The number of aliphatic carboxylic acids is 1. The Kier molecular flexibility index (Phi) is 3.57. The number of pyridine rings is 1. The highest BCUT2D eigenvalue weighted by molar-refractivity contribution is 5.87. The number of carbonyl (C=O) groups is 2. The van der Waals surface area contributed by atoms with E-state index in [0.717, 1.165) is 16.6 Å².